The van der Waals surface area contributed by atoms with Gasteiger partial charge in [-0.3, -0.25) is 9.59 Å². The van der Waals surface area contributed by atoms with Gasteiger partial charge < -0.3 is 10.5 Å². The number of aldehydes is 1. The van der Waals surface area contributed by atoms with Crippen LogP contribution in [0.3, 0.4) is 0 Å². The summed E-state index contributed by atoms with van der Waals surface area (Å²) >= 11 is 3.23. The average molecular weight is 286 g/mol. The van der Waals surface area contributed by atoms with Crippen molar-refractivity contribution in [3.05, 3.63) is 28.2 Å². The fourth-order valence-electron chi connectivity index (χ4n) is 1.01. The van der Waals surface area contributed by atoms with Gasteiger partial charge >= 0.3 is 0 Å². The number of benzene rings is 1. The SMILES string of the molecule is CC(COc1ccc(Br)c(C=O)c1)C(N)=O. The number of hydrogen-bond donors (Lipinski definition) is 1. The molecule has 0 aliphatic carbocycles. The normalized spacial score (nSPS) is 11.9. The van der Waals surface area contributed by atoms with Crippen LogP contribution in [0, 0.1) is 5.92 Å². The van der Waals surface area contributed by atoms with Crippen LogP contribution in [0.25, 0.3) is 0 Å². The minimum Gasteiger partial charge on any atom is -0.493 e. The fraction of sp³-hybridized carbons (Fsp3) is 0.273. The summed E-state index contributed by atoms with van der Waals surface area (Å²) in [6, 6.07) is 5.03. The third kappa shape index (κ3) is 3.34. The van der Waals surface area contributed by atoms with Crippen molar-refractivity contribution in [3.63, 3.8) is 0 Å². The van der Waals surface area contributed by atoms with Gasteiger partial charge in [0.15, 0.2) is 6.29 Å². The van der Waals surface area contributed by atoms with E-state index in [-0.39, 0.29) is 12.5 Å². The zero-order valence-corrected chi connectivity index (χ0v) is 10.4. The first-order valence-electron chi connectivity index (χ1n) is 4.71. The Hall–Kier alpha value is -1.36. The lowest BCUT2D eigenvalue weighted by Crippen LogP contribution is -2.25. The largest absolute Gasteiger partial charge is 0.493 e. The number of halogens is 1. The van der Waals surface area contributed by atoms with Crippen molar-refractivity contribution in [2.24, 2.45) is 11.7 Å². The maximum Gasteiger partial charge on any atom is 0.223 e. The average Bonchev–Trinajstić information content (AvgIpc) is 2.27. The second-order valence-electron chi connectivity index (χ2n) is 3.42. The van der Waals surface area contributed by atoms with Crippen LogP contribution >= 0.6 is 15.9 Å². The summed E-state index contributed by atoms with van der Waals surface area (Å²) in [7, 11) is 0. The lowest BCUT2D eigenvalue weighted by Gasteiger charge is -2.10. The van der Waals surface area contributed by atoms with Crippen LogP contribution < -0.4 is 10.5 Å². The van der Waals surface area contributed by atoms with Gasteiger partial charge in [-0.05, 0) is 18.2 Å². The lowest BCUT2D eigenvalue weighted by molar-refractivity contribution is -0.122. The van der Waals surface area contributed by atoms with Gasteiger partial charge in [-0.25, -0.2) is 0 Å². The van der Waals surface area contributed by atoms with Gasteiger partial charge in [0.2, 0.25) is 5.91 Å². The molecule has 0 aliphatic heterocycles. The Bertz CT molecular complexity index is 406. The summed E-state index contributed by atoms with van der Waals surface area (Å²) in [5.41, 5.74) is 5.60. The maximum atomic E-state index is 10.8. The molecule has 4 nitrogen and oxygen atoms in total. The molecule has 2 N–H and O–H groups in total. The highest BCUT2D eigenvalue weighted by Gasteiger charge is 2.09. The quantitative estimate of drug-likeness (QED) is 0.838. The Morgan fingerprint density at radius 3 is 2.88 bits per heavy atom. The molecule has 1 aromatic rings. The Morgan fingerprint density at radius 1 is 1.62 bits per heavy atom. The zero-order chi connectivity index (χ0) is 12.1. The van der Waals surface area contributed by atoms with E-state index in [1.54, 1.807) is 25.1 Å². The number of hydrogen-bond acceptors (Lipinski definition) is 3. The highest BCUT2D eigenvalue weighted by atomic mass is 79.9. The van der Waals surface area contributed by atoms with E-state index in [1.165, 1.54) is 0 Å². The first-order chi connectivity index (χ1) is 7.54. The van der Waals surface area contributed by atoms with E-state index in [1.807, 2.05) is 0 Å². The number of primary amides is 1. The fourth-order valence-corrected chi connectivity index (χ4v) is 1.35. The Kier molecular flexibility index (Phi) is 4.49. The molecule has 1 aromatic carbocycles. The molecule has 0 heterocycles. The van der Waals surface area contributed by atoms with Gasteiger partial charge in [-0.2, -0.15) is 0 Å². The van der Waals surface area contributed by atoms with Crippen LogP contribution in [-0.2, 0) is 4.79 Å². The summed E-state index contributed by atoms with van der Waals surface area (Å²) in [6.45, 7) is 1.89. The van der Waals surface area contributed by atoms with Crippen LogP contribution in [0.5, 0.6) is 5.75 Å². The lowest BCUT2D eigenvalue weighted by atomic mass is 10.2. The van der Waals surface area contributed by atoms with Crippen LogP contribution in [0.4, 0.5) is 0 Å². The Balaban J connectivity index is 2.68. The summed E-state index contributed by atoms with van der Waals surface area (Å²) in [5, 5.41) is 0. The minimum absolute atomic E-state index is 0.204. The summed E-state index contributed by atoms with van der Waals surface area (Å²) in [5.74, 6) is -0.227. The third-order valence-electron chi connectivity index (χ3n) is 2.08. The molecule has 1 rings (SSSR count). The van der Waals surface area contributed by atoms with Gasteiger partial charge in [0.1, 0.15) is 5.75 Å². The van der Waals surface area contributed by atoms with Crippen LogP contribution in [0.1, 0.15) is 17.3 Å². The second kappa shape index (κ2) is 5.65. The number of ether oxygens (including phenoxy) is 1. The van der Waals surface area contributed by atoms with Crippen LogP contribution in [0.2, 0.25) is 0 Å². The molecular formula is C11H12BrNO3. The van der Waals surface area contributed by atoms with Crippen molar-refractivity contribution in [2.75, 3.05) is 6.61 Å². The molecule has 0 fully saturated rings. The van der Waals surface area contributed by atoms with Crippen LogP contribution in [-0.4, -0.2) is 18.8 Å². The van der Waals surface area contributed by atoms with Crippen LogP contribution in [0.15, 0.2) is 22.7 Å². The van der Waals surface area contributed by atoms with E-state index >= 15 is 0 Å². The Morgan fingerprint density at radius 2 is 2.31 bits per heavy atom. The Labute approximate surface area is 102 Å². The van der Waals surface area contributed by atoms with E-state index < -0.39 is 5.91 Å². The van der Waals surface area contributed by atoms with E-state index in [2.05, 4.69) is 15.9 Å². The summed E-state index contributed by atoms with van der Waals surface area (Å²) in [4.78, 5) is 21.4. The van der Waals surface area contributed by atoms with Crippen molar-refractivity contribution in [3.8, 4) is 5.75 Å². The number of carbonyl (C=O) groups excluding carboxylic acids is 2. The van der Waals surface area contributed by atoms with Crippen molar-refractivity contribution in [1.82, 2.24) is 0 Å². The zero-order valence-electron chi connectivity index (χ0n) is 8.77. The van der Waals surface area contributed by atoms with E-state index in [0.29, 0.717) is 15.8 Å². The molecule has 1 unspecified atom stereocenters. The molecule has 0 bridgehead atoms. The highest BCUT2D eigenvalue weighted by Crippen LogP contribution is 2.21. The van der Waals surface area contributed by atoms with Gasteiger partial charge in [-0.15, -0.1) is 0 Å². The summed E-state index contributed by atoms with van der Waals surface area (Å²) < 4.78 is 6.05. The molecule has 16 heavy (non-hydrogen) atoms. The predicted octanol–water partition coefficient (Wildman–Crippen LogP) is 1.76. The number of nitrogens with two attached hydrogens (primary N) is 1. The van der Waals surface area contributed by atoms with Gasteiger partial charge in [0.05, 0.1) is 12.5 Å². The van der Waals surface area contributed by atoms with E-state index in [9.17, 15) is 9.59 Å². The molecule has 0 saturated carbocycles. The van der Waals surface area contributed by atoms with Crippen molar-refractivity contribution < 1.29 is 14.3 Å². The highest BCUT2D eigenvalue weighted by molar-refractivity contribution is 9.10. The third-order valence-corrected chi connectivity index (χ3v) is 2.80. The molecule has 1 atom stereocenters. The molecule has 86 valence electrons. The topological polar surface area (TPSA) is 69.4 Å². The number of rotatable bonds is 5. The molecule has 0 spiro atoms. The van der Waals surface area contributed by atoms with Crippen molar-refractivity contribution >= 4 is 28.1 Å². The first-order valence-corrected chi connectivity index (χ1v) is 5.50. The van der Waals surface area contributed by atoms with E-state index in [0.717, 1.165) is 6.29 Å². The molecule has 0 radical (unpaired) electrons. The van der Waals surface area contributed by atoms with Gasteiger partial charge in [-0.1, -0.05) is 22.9 Å². The maximum absolute atomic E-state index is 10.8. The molecule has 5 heteroatoms. The van der Waals surface area contributed by atoms with Crippen molar-refractivity contribution in [1.29, 1.82) is 0 Å². The van der Waals surface area contributed by atoms with Gasteiger partial charge in [0.25, 0.3) is 0 Å². The molecular weight excluding hydrogens is 274 g/mol. The minimum atomic E-state index is -0.410. The summed E-state index contributed by atoms with van der Waals surface area (Å²) in [6.07, 6.45) is 0.731. The second-order valence-corrected chi connectivity index (χ2v) is 4.27. The standard InChI is InChI=1S/C11H12BrNO3/c1-7(11(13)15)6-16-9-2-3-10(12)8(4-9)5-14/h2-5,7H,6H2,1H3,(H2,13,15). The molecule has 1 amide bonds. The number of amides is 1. The smallest absolute Gasteiger partial charge is 0.223 e. The molecule has 0 saturated heterocycles. The number of carbonyl (C=O) groups is 2. The predicted molar refractivity (Wildman–Crippen MR) is 63.4 cm³/mol. The molecule has 0 aromatic heterocycles. The monoisotopic (exact) mass is 285 g/mol. The first kappa shape index (κ1) is 12.7. The van der Waals surface area contributed by atoms with Crippen molar-refractivity contribution in [2.45, 2.75) is 6.92 Å². The van der Waals surface area contributed by atoms with Gasteiger partial charge in [0, 0.05) is 10.0 Å². The molecule has 0 aliphatic rings. The van der Waals surface area contributed by atoms with E-state index in [4.69, 9.17) is 10.5 Å².